The number of hydrogen-bond donors (Lipinski definition) is 3. The minimum atomic E-state index is -0.996. The molecule has 3 atom stereocenters. The summed E-state index contributed by atoms with van der Waals surface area (Å²) in [5.41, 5.74) is 6.48. The Hall–Kier alpha value is -2.93. The number of hydrogen-bond acceptors (Lipinski definition) is 7. The summed E-state index contributed by atoms with van der Waals surface area (Å²) in [4.78, 5) is 24.1. The van der Waals surface area contributed by atoms with Crippen molar-refractivity contribution < 1.29 is 23.8 Å². The number of imide groups is 1. The maximum atomic E-state index is 12.5. The minimum absolute atomic E-state index is 0.0768. The first-order valence-electron chi connectivity index (χ1n) is 7.50. The molecule has 2 aliphatic heterocycles. The summed E-state index contributed by atoms with van der Waals surface area (Å²) in [7, 11) is 2.97. The van der Waals surface area contributed by atoms with Crippen LogP contribution < -0.4 is 25.8 Å². The Balaban J connectivity index is 2.21. The molecule has 1 aromatic rings. The predicted molar refractivity (Wildman–Crippen MR) is 91.9 cm³/mol. The summed E-state index contributed by atoms with van der Waals surface area (Å²) in [6.45, 7) is 0. The number of allylic oxidation sites excluding steroid dienone is 1. The van der Waals surface area contributed by atoms with E-state index in [4.69, 9.17) is 19.9 Å². The van der Waals surface area contributed by atoms with Crippen molar-refractivity contribution >= 4 is 27.9 Å². The SMILES string of the molecule is COc1cc(OC)c(C2C(C#N)=C(N)OC3NC(=O)NC(=O)C32)cc1Br. The number of nitriles is 1. The summed E-state index contributed by atoms with van der Waals surface area (Å²) >= 11 is 3.39. The van der Waals surface area contributed by atoms with Crippen LogP contribution in [-0.2, 0) is 9.53 Å². The Morgan fingerprint density at radius 2 is 1.96 bits per heavy atom. The molecule has 3 amide bonds. The second-order valence-corrected chi connectivity index (χ2v) is 6.48. The minimum Gasteiger partial charge on any atom is -0.496 e. The summed E-state index contributed by atoms with van der Waals surface area (Å²) in [5, 5.41) is 14.3. The van der Waals surface area contributed by atoms with Gasteiger partial charge in [-0.25, -0.2) is 4.79 Å². The number of nitrogens with two attached hydrogens (primary N) is 1. The molecule has 2 aliphatic rings. The highest BCUT2D eigenvalue weighted by molar-refractivity contribution is 9.10. The van der Waals surface area contributed by atoms with Crippen LogP contribution in [-0.4, -0.2) is 32.4 Å². The van der Waals surface area contributed by atoms with Gasteiger partial charge in [-0.15, -0.1) is 0 Å². The van der Waals surface area contributed by atoms with E-state index in [2.05, 4.69) is 26.6 Å². The summed E-state index contributed by atoms with van der Waals surface area (Å²) in [6.07, 6.45) is -0.996. The molecule has 0 radical (unpaired) electrons. The smallest absolute Gasteiger partial charge is 0.324 e. The molecule has 1 fully saturated rings. The normalized spacial score (nSPS) is 24.6. The van der Waals surface area contributed by atoms with Crippen LogP contribution in [0.4, 0.5) is 4.79 Å². The molecule has 26 heavy (non-hydrogen) atoms. The largest absolute Gasteiger partial charge is 0.496 e. The Morgan fingerprint density at radius 1 is 1.27 bits per heavy atom. The van der Waals surface area contributed by atoms with Crippen molar-refractivity contribution in [1.82, 2.24) is 10.6 Å². The van der Waals surface area contributed by atoms with Gasteiger partial charge in [0, 0.05) is 17.5 Å². The number of ether oxygens (including phenoxy) is 3. The lowest BCUT2D eigenvalue weighted by Crippen LogP contribution is -2.62. The van der Waals surface area contributed by atoms with E-state index in [1.807, 2.05) is 6.07 Å². The van der Waals surface area contributed by atoms with Gasteiger partial charge in [0.2, 0.25) is 11.8 Å². The van der Waals surface area contributed by atoms with E-state index < -0.39 is 30.0 Å². The second-order valence-electron chi connectivity index (χ2n) is 5.62. The molecule has 1 aromatic carbocycles. The van der Waals surface area contributed by atoms with Gasteiger partial charge in [0.1, 0.15) is 23.5 Å². The number of carbonyl (C=O) groups excluding carboxylic acids is 2. The monoisotopic (exact) mass is 422 g/mol. The molecule has 0 bridgehead atoms. The fourth-order valence-electron chi connectivity index (χ4n) is 3.15. The number of rotatable bonds is 3. The Bertz CT molecular complexity index is 863. The average molecular weight is 423 g/mol. The molecule has 0 aromatic heterocycles. The van der Waals surface area contributed by atoms with E-state index in [1.54, 1.807) is 12.1 Å². The van der Waals surface area contributed by atoms with Crippen molar-refractivity contribution in [2.75, 3.05) is 14.2 Å². The van der Waals surface area contributed by atoms with Crippen molar-refractivity contribution in [1.29, 1.82) is 5.26 Å². The maximum Gasteiger partial charge on any atom is 0.324 e. The van der Waals surface area contributed by atoms with Crippen LogP contribution in [0.1, 0.15) is 11.5 Å². The highest BCUT2D eigenvalue weighted by Crippen LogP contribution is 2.46. The lowest BCUT2D eigenvalue weighted by atomic mass is 9.76. The molecule has 136 valence electrons. The van der Waals surface area contributed by atoms with Crippen LogP contribution in [0.5, 0.6) is 11.5 Å². The number of urea groups is 1. The number of methoxy groups -OCH3 is 2. The predicted octanol–water partition coefficient (Wildman–Crippen LogP) is 1.06. The van der Waals surface area contributed by atoms with E-state index in [9.17, 15) is 14.9 Å². The topological polar surface area (TPSA) is 136 Å². The van der Waals surface area contributed by atoms with Gasteiger partial charge < -0.3 is 25.3 Å². The molecule has 0 saturated carbocycles. The van der Waals surface area contributed by atoms with E-state index in [0.717, 1.165) is 0 Å². The summed E-state index contributed by atoms with van der Waals surface area (Å²) in [5.74, 6) is -1.48. The van der Waals surface area contributed by atoms with Gasteiger partial charge >= 0.3 is 6.03 Å². The van der Waals surface area contributed by atoms with Crippen LogP contribution >= 0.6 is 15.9 Å². The third-order valence-electron chi connectivity index (χ3n) is 4.29. The van der Waals surface area contributed by atoms with Crippen molar-refractivity contribution in [2.45, 2.75) is 12.1 Å². The van der Waals surface area contributed by atoms with Gasteiger partial charge in [0.05, 0.1) is 24.3 Å². The number of nitrogens with one attached hydrogen (secondary N) is 2. The van der Waals surface area contributed by atoms with Gasteiger partial charge in [0.15, 0.2) is 6.23 Å². The van der Waals surface area contributed by atoms with Crippen LogP contribution in [0.15, 0.2) is 28.1 Å². The summed E-state index contributed by atoms with van der Waals surface area (Å²) in [6, 6.07) is 4.64. The van der Waals surface area contributed by atoms with Gasteiger partial charge in [-0.1, -0.05) is 0 Å². The van der Waals surface area contributed by atoms with Crippen LogP contribution in [0.3, 0.4) is 0 Å². The number of carbonyl (C=O) groups is 2. The molecule has 2 heterocycles. The fourth-order valence-corrected chi connectivity index (χ4v) is 3.67. The number of amides is 3. The average Bonchev–Trinajstić information content (AvgIpc) is 2.60. The lowest BCUT2D eigenvalue weighted by molar-refractivity contribution is -0.132. The van der Waals surface area contributed by atoms with E-state index in [0.29, 0.717) is 21.5 Å². The zero-order valence-electron chi connectivity index (χ0n) is 13.8. The molecule has 4 N–H and O–H groups in total. The van der Waals surface area contributed by atoms with E-state index in [1.165, 1.54) is 14.2 Å². The lowest BCUT2D eigenvalue weighted by Gasteiger charge is -2.40. The molecule has 1 saturated heterocycles. The number of halogens is 1. The van der Waals surface area contributed by atoms with Gasteiger partial charge in [-0.05, 0) is 22.0 Å². The highest BCUT2D eigenvalue weighted by atomic mass is 79.9. The van der Waals surface area contributed by atoms with Gasteiger partial charge in [-0.2, -0.15) is 5.26 Å². The fraction of sp³-hybridized carbons (Fsp3) is 0.312. The van der Waals surface area contributed by atoms with Crippen LogP contribution in [0, 0.1) is 17.2 Å². The number of nitrogens with zero attached hydrogens (tertiary/aromatic N) is 1. The first kappa shape index (κ1) is 17.9. The zero-order valence-corrected chi connectivity index (χ0v) is 15.4. The van der Waals surface area contributed by atoms with Gasteiger partial charge in [0.25, 0.3) is 0 Å². The third kappa shape index (κ3) is 2.80. The van der Waals surface area contributed by atoms with Crippen molar-refractivity contribution in [3.63, 3.8) is 0 Å². The molecule has 3 rings (SSSR count). The Morgan fingerprint density at radius 3 is 2.58 bits per heavy atom. The first-order chi connectivity index (χ1) is 12.4. The number of fused-ring (bicyclic) bond motifs is 1. The second kappa shape index (κ2) is 6.76. The molecule has 9 nitrogen and oxygen atoms in total. The molecule has 10 heteroatoms. The molecule has 0 aliphatic carbocycles. The van der Waals surface area contributed by atoms with E-state index >= 15 is 0 Å². The molecule has 3 unspecified atom stereocenters. The van der Waals surface area contributed by atoms with Crippen molar-refractivity contribution in [2.24, 2.45) is 11.7 Å². The molecular formula is C16H15BrN4O5. The number of benzene rings is 1. The molecular weight excluding hydrogens is 408 g/mol. The maximum absolute atomic E-state index is 12.5. The highest BCUT2D eigenvalue weighted by Gasteiger charge is 2.49. The van der Waals surface area contributed by atoms with Gasteiger partial charge in [-0.3, -0.25) is 10.1 Å². The third-order valence-corrected chi connectivity index (χ3v) is 4.91. The zero-order chi connectivity index (χ0) is 19.0. The van der Waals surface area contributed by atoms with Crippen molar-refractivity contribution in [3.05, 3.63) is 33.6 Å². The van der Waals surface area contributed by atoms with Crippen LogP contribution in [0.25, 0.3) is 0 Å². The Labute approximate surface area is 157 Å². The van der Waals surface area contributed by atoms with Crippen molar-refractivity contribution in [3.8, 4) is 17.6 Å². The quantitative estimate of drug-likeness (QED) is 0.661. The van der Waals surface area contributed by atoms with Crippen LogP contribution in [0.2, 0.25) is 0 Å². The Kier molecular flexibility index (Phi) is 4.65. The summed E-state index contributed by atoms with van der Waals surface area (Å²) < 4.78 is 16.7. The van der Waals surface area contributed by atoms with E-state index in [-0.39, 0.29) is 11.5 Å². The standard InChI is InChI=1S/C16H15BrN4O5/c1-24-9-4-10(25-2)8(17)3-6(9)11-7(5-18)13(19)26-15-12(11)14(22)20-16(23)21-15/h3-4,11-12,15H,19H2,1-2H3,(H2,20,21,22,23). The molecule has 0 spiro atoms. The first-order valence-corrected chi connectivity index (χ1v) is 8.29.